The molecule has 4 bridgehead atoms. The molecule has 3 heteroatoms. The Morgan fingerprint density at radius 2 is 1.60 bits per heavy atom. The first-order valence-electron chi connectivity index (χ1n) is 6.15. The number of hydrogen-bond donors (Lipinski definition) is 1. The minimum atomic E-state index is -0.650. The molecule has 4 aliphatic rings. The van der Waals surface area contributed by atoms with Crippen molar-refractivity contribution < 1.29 is 9.90 Å². The van der Waals surface area contributed by atoms with Crippen LogP contribution in [0.25, 0.3) is 0 Å². The summed E-state index contributed by atoms with van der Waals surface area (Å²) < 4.78 is 0. The van der Waals surface area contributed by atoms with Crippen molar-refractivity contribution in [2.24, 2.45) is 11.8 Å². The van der Waals surface area contributed by atoms with Crippen molar-refractivity contribution in [2.75, 3.05) is 0 Å². The average Bonchev–Trinajstić information content (AvgIpc) is 2.15. The molecule has 1 atom stereocenters. The number of carbonyl (C=O) groups is 1. The van der Waals surface area contributed by atoms with E-state index < -0.39 is 5.97 Å². The predicted octanol–water partition coefficient (Wildman–Crippen LogP) is 1.72. The standard InChI is InChI=1S/C12H19NO2/c1-7(12(14)15)13-10-3-8-2-9(5-10)6-11(13)4-8/h7-11H,2-6H2,1H3,(H,14,15). The van der Waals surface area contributed by atoms with E-state index in [0.29, 0.717) is 12.1 Å². The molecule has 84 valence electrons. The molecule has 4 rings (SSSR count). The third kappa shape index (κ3) is 1.40. The predicted molar refractivity (Wildman–Crippen MR) is 56.6 cm³/mol. The maximum Gasteiger partial charge on any atom is 0.320 e. The number of hydrogen-bond acceptors (Lipinski definition) is 2. The molecule has 4 fully saturated rings. The van der Waals surface area contributed by atoms with Gasteiger partial charge in [0.2, 0.25) is 0 Å². The van der Waals surface area contributed by atoms with E-state index in [1.54, 1.807) is 0 Å². The lowest BCUT2D eigenvalue weighted by atomic mass is 9.63. The molecule has 0 spiro atoms. The summed E-state index contributed by atoms with van der Waals surface area (Å²) in [6, 6.07) is 0.875. The van der Waals surface area contributed by atoms with Gasteiger partial charge in [-0.15, -0.1) is 0 Å². The smallest absolute Gasteiger partial charge is 0.320 e. The van der Waals surface area contributed by atoms with Gasteiger partial charge in [-0.3, -0.25) is 9.69 Å². The maximum absolute atomic E-state index is 11.1. The Hall–Kier alpha value is -0.570. The number of carboxylic acid groups (broad SMARTS) is 1. The van der Waals surface area contributed by atoms with Gasteiger partial charge < -0.3 is 5.11 Å². The van der Waals surface area contributed by atoms with Crippen LogP contribution in [0.3, 0.4) is 0 Å². The first kappa shape index (κ1) is 9.64. The van der Waals surface area contributed by atoms with Gasteiger partial charge in [-0.25, -0.2) is 0 Å². The lowest BCUT2D eigenvalue weighted by Gasteiger charge is -2.57. The van der Waals surface area contributed by atoms with E-state index in [1.807, 2.05) is 6.92 Å². The first-order chi connectivity index (χ1) is 7.15. The number of nitrogens with zero attached hydrogens (tertiary/aromatic N) is 1. The van der Waals surface area contributed by atoms with Crippen LogP contribution < -0.4 is 0 Å². The van der Waals surface area contributed by atoms with Gasteiger partial charge in [-0.1, -0.05) is 0 Å². The molecule has 2 aliphatic heterocycles. The Morgan fingerprint density at radius 1 is 1.13 bits per heavy atom. The Morgan fingerprint density at radius 3 is 2.00 bits per heavy atom. The maximum atomic E-state index is 11.1. The third-order valence-electron chi connectivity index (χ3n) is 4.74. The van der Waals surface area contributed by atoms with Gasteiger partial charge >= 0.3 is 5.97 Å². The van der Waals surface area contributed by atoms with Crippen LogP contribution >= 0.6 is 0 Å². The summed E-state index contributed by atoms with van der Waals surface area (Å²) in [5.41, 5.74) is 0. The molecule has 2 saturated heterocycles. The molecule has 2 aliphatic carbocycles. The zero-order valence-corrected chi connectivity index (χ0v) is 9.22. The van der Waals surface area contributed by atoms with Gasteiger partial charge in [-0.2, -0.15) is 0 Å². The fourth-order valence-electron chi connectivity index (χ4n) is 4.33. The van der Waals surface area contributed by atoms with E-state index in [1.165, 1.54) is 32.1 Å². The van der Waals surface area contributed by atoms with Crippen LogP contribution in [0.1, 0.15) is 39.0 Å². The molecule has 1 N–H and O–H groups in total. The quantitative estimate of drug-likeness (QED) is 0.753. The Kier molecular flexibility index (Phi) is 2.06. The normalized spacial score (nSPS) is 45.7. The fourth-order valence-corrected chi connectivity index (χ4v) is 4.33. The Labute approximate surface area is 90.5 Å². The summed E-state index contributed by atoms with van der Waals surface area (Å²) in [6.07, 6.45) is 6.44. The van der Waals surface area contributed by atoms with E-state index in [9.17, 15) is 4.79 Å². The van der Waals surface area contributed by atoms with Gasteiger partial charge in [0.05, 0.1) is 0 Å². The monoisotopic (exact) mass is 209 g/mol. The molecular formula is C12H19NO2. The van der Waals surface area contributed by atoms with Crippen LogP contribution in [0.5, 0.6) is 0 Å². The SMILES string of the molecule is CC(C(=O)O)N1C2CC3CC(C2)CC1C3. The highest BCUT2D eigenvalue weighted by molar-refractivity contribution is 5.73. The summed E-state index contributed by atoms with van der Waals surface area (Å²) in [5.74, 6) is 1.16. The fraction of sp³-hybridized carbons (Fsp3) is 0.917. The zero-order valence-electron chi connectivity index (χ0n) is 9.22. The first-order valence-corrected chi connectivity index (χ1v) is 6.15. The van der Waals surface area contributed by atoms with Crippen molar-refractivity contribution >= 4 is 5.97 Å². The van der Waals surface area contributed by atoms with Crippen LogP contribution in [0.15, 0.2) is 0 Å². The van der Waals surface area contributed by atoms with E-state index in [4.69, 9.17) is 5.11 Å². The molecule has 0 amide bonds. The van der Waals surface area contributed by atoms with E-state index in [-0.39, 0.29) is 6.04 Å². The second-order valence-corrected chi connectivity index (χ2v) is 5.68. The van der Waals surface area contributed by atoms with Gasteiger partial charge in [-0.05, 0) is 50.9 Å². The van der Waals surface area contributed by atoms with Crippen LogP contribution in [-0.2, 0) is 4.79 Å². The molecule has 1 unspecified atom stereocenters. The summed E-state index contributed by atoms with van der Waals surface area (Å²) >= 11 is 0. The summed E-state index contributed by atoms with van der Waals surface area (Å²) in [7, 11) is 0. The minimum Gasteiger partial charge on any atom is -0.480 e. The van der Waals surface area contributed by atoms with Crippen molar-refractivity contribution in [1.82, 2.24) is 4.90 Å². The van der Waals surface area contributed by atoms with E-state index in [2.05, 4.69) is 4.90 Å². The minimum absolute atomic E-state index is 0.278. The van der Waals surface area contributed by atoms with Crippen molar-refractivity contribution in [1.29, 1.82) is 0 Å². The highest BCUT2D eigenvalue weighted by Gasteiger charge is 2.49. The van der Waals surface area contributed by atoms with Gasteiger partial charge in [0, 0.05) is 12.1 Å². The second kappa shape index (κ2) is 3.21. The topological polar surface area (TPSA) is 40.5 Å². The van der Waals surface area contributed by atoms with Crippen molar-refractivity contribution in [2.45, 2.75) is 57.2 Å². The molecule has 0 aromatic rings. The molecule has 3 nitrogen and oxygen atoms in total. The van der Waals surface area contributed by atoms with Crippen molar-refractivity contribution in [3.05, 3.63) is 0 Å². The number of carboxylic acids is 1. The number of piperidine rings is 2. The van der Waals surface area contributed by atoms with Gasteiger partial charge in [0.15, 0.2) is 0 Å². The largest absolute Gasteiger partial charge is 0.480 e. The van der Waals surface area contributed by atoms with Crippen LogP contribution in [0, 0.1) is 11.8 Å². The van der Waals surface area contributed by atoms with Crippen LogP contribution in [-0.4, -0.2) is 34.1 Å². The Bertz CT molecular complexity index is 261. The third-order valence-corrected chi connectivity index (χ3v) is 4.74. The molecule has 2 heterocycles. The number of aliphatic carboxylic acids is 1. The summed E-state index contributed by atoms with van der Waals surface area (Å²) in [4.78, 5) is 13.4. The molecule has 2 saturated carbocycles. The average molecular weight is 209 g/mol. The zero-order chi connectivity index (χ0) is 10.6. The summed E-state index contributed by atoms with van der Waals surface area (Å²) in [6.45, 7) is 1.85. The van der Waals surface area contributed by atoms with Crippen LogP contribution in [0.4, 0.5) is 0 Å². The molecule has 0 radical (unpaired) electrons. The van der Waals surface area contributed by atoms with Gasteiger partial charge in [0.1, 0.15) is 6.04 Å². The molecule has 0 aromatic carbocycles. The lowest BCUT2D eigenvalue weighted by Crippen LogP contribution is -2.62. The molecular weight excluding hydrogens is 190 g/mol. The van der Waals surface area contributed by atoms with Crippen LogP contribution in [0.2, 0.25) is 0 Å². The molecule has 0 aromatic heterocycles. The van der Waals surface area contributed by atoms with Crippen molar-refractivity contribution in [3.63, 3.8) is 0 Å². The Balaban J connectivity index is 1.83. The van der Waals surface area contributed by atoms with E-state index >= 15 is 0 Å². The lowest BCUT2D eigenvalue weighted by molar-refractivity contribution is -0.152. The van der Waals surface area contributed by atoms with Gasteiger partial charge in [0.25, 0.3) is 0 Å². The van der Waals surface area contributed by atoms with Crippen molar-refractivity contribution in [3.8, 4) is 0 Å². The highest BCUT2D eigenvalue weighted by Crippen LogP contribution is 2.49. The molecule has 15 heavy (non-hydrogen) atoms. The number of rotatable bonds is 2. The summed E-state index contributed by atoms with van der Waals surface area (Å²) in [5, 5.41) is 9.12. The van der Waals surface area contributed by atoms with E-state index in [0.717, 1.165) is 11.8 Å². The highest BCUT2D eigenvalue weighted by atomic mass is 16.4. The second-order valence-electron chi connectivity index (χ2n) is 5.68.